The molecular weight excluding hydrogens is 260 g/mol. The molecule has 1 N–H and O–H groups in total. The van der Waals surface area contributed by atoms with Gasteiger partial charge in [-0.1, -0.05) is 12.1 Å². The van der Waals surface area contributed by atoms with Crippen LogP contribution in [0.1, 0.15) is 25.0 Å². The molecule has 5 heteroatoms. The number of ether oxygens (including phenoxy) is 1. The molecule has 0 aliphatic heterocycles. The maximum atomic E-state index is 11.7. The van der Waals surface area contributed by atoms with Crippen LogP contribution in [0.5, 0.6) is 5.75 Å². The minimum absolute atomic E-state index is 0.0136. The van der Waals surface area contributed by atoms with Gasteiger partial charge in [-0.25, -0.2) is 0 Å². The Morgan fingerprint density at radius 1 is 1.30 bits per heavy atom. The molecule has 0 atom stereocenters. The number of fused-ring (bicyclic) bond motifs is 1. The van der Waals surface area contributed by atoms with Crippen LogP contribution in [0, 0.1) is 0 Å². The van der Waals surface area contributed by atoms with Gasteiger partial charge in [0.1, 0.15) is 11.5 Å². The second-order valence-electron chi connectivity index (χ2n) is 4.55. The molecule has 1 heterocycles. The predicted octanol–water partition coefficient (Wildman–Crippen LogP) is 2.81. The van der Waals surface area contributed by atoms with Gasteiger partial charge >= 0.3 is 5.97 Å². The summed E-state index contributed by atoms with van der Waals surface area (Å²) >= 11 is 0. The standard InChI is InChI=1S/C15H16O5/c1-19-13-6-2-4-10-8-12(20-15(10)13)9-11(16)5-3-7-14(17)18/h2,4,6,8H,3,5,7,9H2,1H3,(H,17,18). The van der Waals surface area contributed by atoms with Crippen LogP contribution in [0.4, 0.5) is 0 Å². The van der Waals surface area contributed by atoms with E-state index < -0.39 is 5.97 Å². The number of Topliss-reactive ketones (excluding diaryl/α,β-unsaturated/α-hetero) is 1. The monoisotopic (exact) mass is 276 g/mol. The minimum Gasteiger partial charge on any atom is -0.493 e. The van der Waals surface area contributed by atoms with Gasteiger partial charge in [0.05, 0.1) is 13.5 Å². The highest BCUT2D eigenvalue weighted by Crippen LogP contribution is 2.28. The van der Waals surface area contributed by atoms with Crippen LogP contribution in [0.15, 0.2) is 28.7 Å². The van der Waals surface area contributed by atoms with E-state index in [-0.39, 0.29) is 25.0 Å². The van der Waals surface area contributed by atoms with Gasteiger partial charge in [0, 0.05) is 18.2 Å². The second kappa shape index (κ2) is 6.23. The van der Waals surface area contributed by atoms with Gasteiger partial charge in [-0.3, -0.25) is 9.59 Å². The lowest BCUT2D eigenvalue weighted by molar-refractivity contribution is -0.137. The van der Waals surface area contributed by atoms with Gasteiger partial charge in [-0.15, -0.1) is 0 Å². The molecule has 0 radical (unpaired) electrons. The van der Waals surface area contributed by atoms with E-state index in [0.29, 0.717) is 23.5 Å². The average molecular weight is 276 g/mol. The number of hydrogen-bond donors (Lipinski definition) is 1. The first-order chi connectivity index (χ1) is 9.60. The molecule has 0 aliphatic carbocycles. The summed E-state index contributed by atoms with van der Waals surface area (Å²) in [5.41, 5.74) is 0.628. The van der Waals surface area contributed by atoms with E-state index in [9.17, 15) is 9.59 Å². The van der Waals surface area contributed by atoms with Crippen LogP contribution in [-0.2, 0) is 16.0 Å². The van der Waals surface area contributed by atoms with Crippen molar-refractivity contribution in [3.63, 3.8) is 0 Å². The van der Waals surface area contributed by atoms with Gasteiger partial charge in [0.15, 0.2) is 11.3 Å². The maximum Gasteiger partial charge on any atom is 0.303 e. The van der Waals surface area contributed by atoms with E-state index in [0.717, 1.165) is 5.39 Å². The van der Waals surface area contributed by atoms with Crippen LogP contribution in [0.3, 0.4) is 0 Å². The summed E-state index contributed by atoms with van der Waals surface area (Å²) in [4.78, 5) is 22.1. The molecule has 0 saturated carbocycles. The minimum atomic E-state index is -0.883. The van der Waals surface area contributed by atoms with E-state index >= 15 is 0 Å². The topological polar surface area (TPSA) is 76.7 Å². The molecule has 0 unspecified atom stereocenters. The number of rotatable bonds is 7. The summed E-state index contributed by atoms with van der Waals surface area (Å²) in [6.45, 7) is 0. The summed E-state index contributed by atoms with van der Waals surface area (Å²) < 4.78 is 10.8. The molecule has 20 heavy (non-hydrogen) atoms. The van der Waals surface area contributed by atoms with Crippen molar-refractivity contribution in [2.75, 3.05) is 7.11 Å². The number of ketones is 1. The lowest BCUT2D eigenvalue weighted by Gasteiger charge is -1.99. The van der Waals surface area contributed by atoms with E-state index in [2.05, 4.69) is 0 Å². The molecule has 0 bridgehead atoms. The van der Waals surface area contributed by atoms with Crippen molar-refractivity contribution < 1.29 is 23.8 Å². The molecule has 0 aliphatic rings. The Morgan fingerprint density at radius 3 is 2.80 bits per heavy atom. The van der Waals surface area contributed by atoms with Crippen LogP contribution in [0.2, 0.25) is 0 Å². The van der Waals surface area contributed by atoms with Gasteiger partial charge in [-0.05, 0) is 18.6 Å². The van der Waals surface area contributed by atoms with E-state index in [4.69, 9.17) is 14.3 Å². The molecule has 1 aromatic heterocycles. The van der Waals surface area contributed by atoms with Crippen LogP contribution in [-0.4, -0.2) is 24.0 Å². The number of furan rings is 1. The number of hydrogen-bond acceptors (Lipinski definition) is 4. The fourth-order valence-corrected chi connectivity index (χ4v) is 2.06. The Balaban J connectivity index is 2.03. The SMILES string of the molecule is COc1cccc2cc(CC(=O)CCCC(=O)O)oc12. The van der Waals surface area contributed by atoms with E-state index in [1.165, 1.54) is 0 Å². The molecule has 1 aromatic carbocycles. The molecule has 106 valence electrons. The number of para-hydroxylation sites is 1. The molecule has 0 spiro atoms. The van der Waals surface area contributed by atoms with E-state index in [1.807, 2.05) is 18.2 Å². The van der Waals surface area contributed by atoms with Gasteiger partial charge < -0.3 is 14.3 Å². The Labute approximate surface area is 116 Å². The Bertz CT molecular complexity index is 626. The normalized spacial score (nSPS) is 10.7. The maximum absolute atomic E-state index is 11.7. The van der Waals surface area contributed by atoms with Crippen LogP contribution in [0.25, 0.3) is 11.0 Å². The van der Waals surface area contributed by atoms with Crippen molar-refractivity contribution in [2.45, 2.75) is 25.7 Å². The van der Waals surface area contributed by atoms with Gasteiger partial charge in [-0.2, -0.15) is 0 Å². The molecule has 0 saturated heterocycles. The molecule has 0 amide bonds. The Morgan fingerprint density at radius 2 is 2.10 bits per heavy atom. The Kier molecular flexibility index (Phi) is 4.40. The number of methoxy groups -OCH3 is 1. The van der Waals surface area contributed by atoms with E-state index in [1.54, 1.807) is 13.2 Å². The zero-order valence-electron chi connectivity index (χ0n) is 11.2. The molecule has 2 rings (SSSR count). The van der Waals surface area contributed by atoms with Crippen LogP contribution < -0.4 is 4.74 Å². The fourth-order valence-electron chi connectivity index (χ4n) is 2.06. The third-order valence-corrected chi connectivity index (χ3v) is 3.00. The number of carboxylic acids is 1. The molecule has 5 nitrogen and oxygen atoms in total. The van der Waals surface area contributed by atoms with Crippen molar-refractivity contribution in [1.82, 2.24) is 0 Å². The fraction of sp³-hybridized carbons (Fsp3) is 0.333. The molecular formula is C15H16O5. The van der Waals surface area contributed by atoms with Crippen LogP contribution >= 0.6 is 0 Å². The first kappa shape index (κ1) is 14.1. The zero-order chi connectivity index (χ0) is 14.5. The summed E-state index contributed by atoms with van der Waals surface area (Å²) in [5.74, 6) is 0.299. The van der Waals surface area contributed by atoms with Gasteiger partial charge in [0.25, 0.3) is 0 Å². The van der Waals surface area contributed by atoms with Crippen molar-refractivity contribution in [3.8, 4) is 5.75 Å². The number of carbonyl (C=O) groups excluding carboxylic acids is 1. The second-order valence-corrected chi connectivity index (χ2v) is 4.55. The first-order valence-corrected chi connectivity index (χ1v) is 6.39. The quantitative estimate of drug-likeness (QED) is 0.841. The summed E-state index contributed by atoms with van der Waals surface area (Å²) in [6.07, 6.45) is 0.801. The third-order valence-electron chi connectivity index (χ3n) is 3.00. The molecule has 0 fully saturated rings. The predicted molar refractivity (Wildman–Crippen MR) is 73.0 cm³/mol. The van der Waals surface area contributed by atoms with Gasteiger partial charge in [0.2, 0.25) is 0 Å². The zero-order valence-corrected chi connectivity index (χ0v) is 11.2. The Hall–Kier alpha value is -2.30. The highest BCUT2D eigenvalue weighted by molar-refractivity contribution is 5.86. The number of benzene rings is 1. The average Bonchev–Trinajstić information content (AvgIpc) is 2.80. The van der Waals surface area contributed by atoms with Crippen molar-refractivity contribution >= 4 is 22.7 Å². The first-order valence-electron chi connectivity index (χ1n) is 6.39. The number of aliphatic carboxylic acids is 1. The smallest absolute Gasteiger partial charge is 0.303 e. The summed E-state index contributed by atoms with van der Waals surface area (Å²) in [7, 11) is 1.56. The number of carbonyl (C=O) groups is 2. The van der Waals surface area contributed by atoms with Crippen molar-refractivity contribution in [3.05, 3.63) is 30.0 Å². The highest BCUT2D eigenvalue weighted by Gasteiger charge is 2.12. The summed E-state index contributed by atoms with van der Waals surface area (Å²) in [6, 6.07) is 7.35. The third kappa shape index (κ3) is 3.38. The summed E-state index contributed by atoms with van der Waals surface area (Å²) in [5, 5.41) is 9.41. The largest absolute Gasteiger partial charge is 0.493 e. The van der Waals surface area contributed by atoms with Crippen molar-refractivity contribution in [1.29, 1.82) is 0 Å². The lowest BCUT2D eigenvalue weighted by atomic mass is 10.1. The lowest BCUT2D eigenvalue weighted by Crippen LogP contribution is -2.03. The highest BCUT2D eigenvalue weighted by atomic mass is 16.5. The molecule has 2 aromatic rings. The van der Waals surface area contributed by atoms with Crippen molar-refractivity contribution in [2.24, 2.45) is 0 Å². The number of carboxylic acid groups (broad SMARTS) is 1.